The molecule has 0 aromatic heterocycles. The number of amides is 1. The smallest absolute Gasteiger partial charge is 0.218 e. The number of aliphatic imine (C=N–C) groups is 1. The Labute approximate surface area is 171 Å². The van der Waals surface area contributed by atoms with Gasteiger partial charge in [-0.1, -0.05) is 6.58 Å². The first-order valence-corrected chi connectivity index (χ1v) is 11.1. The van der Waals surface area contributed by atoms with Crippen molar-refractivity contribution in [2.24, 2.45) is 22.4 Å². The van der Waals surface area contributed by atoms with Crippen LogP contribution < -0.4 is 16.8 Å². The summed E-state index contributed by atoms with van der Waals surface area (Å²) in [6.07, 6.45) is 8.38. The van der Waals surface area contributed by atoms with Gasteiger partial charge in [-0.25, -0.2) is 0 Å². The van der Waals surface area contributed by atoms with E-state index in [-0.39, 0.29) is 30.0 Å². The standard InChI is InChI=1S/C20H33N5O2S/c1-3-25(2)14-7-5-13(6-8-14)24-19(22)18-17-12(10-16(21)27)4-9-15(17)28-20(18)23-11-26/h3,12-15,20,23,26H,1,4-11H2,2H3,(H2,21,27)(H2,22,24). The van der Waals surface area contributed by atoms with Crippen molar-refractivity contribution in [1.82, 2.24) is 10.2 Å². The van der Waals surface area contributed by atoms with Gasteiger partial charge in [0.2, 0.25) is 5.91 Å². The highest BCUT2D eigenvalue weighted by Crippen LogP contribution is 2.50. The largest absolute Gasteiger partial charge is 0.384 e. The van der Waals surface area contributed by atoms with Crippen molar-refractivity contribution in [3.05, 3.63) is 23.9 Å². The van der Waals surface area contributed by atoms with Crippen LogP contribution in [-0.4, -0.2) is 58.2 Å². The monoisotopic (exact) mass is 407 g/mol. The van der Waals surface area contributed by atoms with E-state index in [1.54, 1.807) is 11.8 Å². The first kappa shape index (κ1) is 21.2. The van der Waals surface area contributed by atoms with Crippen LogP contribution in [0, 0.1) is 5.92 Å². The third kappa shape index (κ3) is 4.55. The lowest BCUT2D eigenvalue weighted by atomic mass is 9.90. The fourth-order valence-electron chi connectivity index (χ4n) is 4.82. The molecular formula is C20H33N5O2S. The molecule has 7 nitrogen and oxygen atoms in total. The van der Waals surface area contributed by atoms with Gasteiger partial charge in [0.25, 0.3) is 0 Å². The van der Waals surface area contributed by atoms with E-state index in [9.17, 15) is 9.90 Å². The Kier molecular flexibility index (Phi) is 7.06. The maximum atomic E-state index is 11.5. The molecule has 0 aromatic carbocycles. The fourth-order valence-corrected chi connectivity index (χ4v) is 6.46. The summed E-state index contributed by atoms with van der Waals surface area (Å²) in [6, 6.07) is 0.745. The van der Waals surface area contributed by atoms with E-state index < -0.39 is 0 Å². The first-order valence-electron chi connectivity index (χ1n) is 10.1. The Morgan fingerprint density at radius 3 is 2.64 bits per heavy atom. The van der Waals surface area contributed by atoms with Gasteiger partial charge in [-0.05, 0) is 56.2 Å². The summed E-state index contributed by atoms with van der Waals surface area (Å²) in [5, 5.41) is 12.8. The Morgan fingerprint density at radius 1 is 1.32 bits per heavy atom. The highest BCUT2D eigenvalue weighted by molar-refractivity contribution is 8.01. The van der Waals surface area contributed by atoms with Gasteiger partial charge in [0.1, 0.15) is 5.84 Å². The van der Waals surface area contributed by atoms with Crippen LogP contribution in [-0.2, 0) is 4.79 Å². The highest BCUT2D eigenvalue weighted by Gasteiger charge is 2.43. The van der Waals surface area contributed by atoms with E-state index in [2.05, 4.69) is 23.8 Å². The number of carbonyl (C=O) groups excluding carboxylic acids is 1. The molecule has 0 aromatic rings. The van der Waals surface area contributed by atoms with Crippen LogP contribution in [0.2, 0.25) is 0 Å². The van der Waals surface area contributed by atoms with Crippen LogP contribution >= 0.6 is 11.8 Å². The van der Waals surface area contributed by atoms with Gasteiger partial charge in [-0.3, -0.25) is 15.1 Å². The number of nitrogens with zero attached hydrogens (tertiary/aromatic N) is 2. The van der Waals surface area contributed by atoms with Crippen molar-refractivity contribution in [1.29, 1.82) is 0 Å². The first-order chi connectivity index (χ1) is 13.4. The molecule has 2 fully saturated rings. The highest BCUT2D eigenvalue weighted by atomic mass is 32.2. The molecule has 1 aliphatic heterocycles. The van der Waals surface area contributed by atoms with Crippen molar-refractivity contribution in [2.45, 2.75) is 67.7 Å². The van der Waals surface area contributed by atoms with Crippen molar-refractivity contribution in [3.8, 4) is 0 Å². The zero-order chi connectivity index (χ0) is 20.3. The summed E-state index contributed by atoms with van der Waals surface area (Å²) in [6.45, 7) is 3.73. The van der Waals surface area contributed by atoms with Gasteiger partial charge in [-0.2, -0.15) is 0 Å². The van der Waals surface area contributed by atoms with Crippen molar-refractivity contribution < 1.29 is 9.90 Å². The number of amidine groups is 1. The molecule has 1 heterocycles. The van der Waals surface area contributed by atoms with Gasteiger partial charge >= 0.3 is 0 Å². The Morgan fingerprint density at radius 2 is 2.04 bits per heavy atom. The van der Waals surface area contributed by atoms with Crippen molar-refractivity contribution in [3.63, 3.8) is 0 Å². The number of aliphatic hydroxyl groups excluding tert-OH is 1. The molecule has 1 amide bonds. The zero-order valence-corrected chi connectivity index (χ0v) is 17.5. The van der Waals surface area contributed by atoms with Gasteiger partial charge in [0.05, 0.1) is 18.1 Å². The van der Waals surface area contributed by atoms with Crippen LogP contribution in [0.4, 0.5) is 0 Å². The number of thioether (sulfide) groups is 1. The van der Waals surface area contributed by atoms with Crippen LogP contribution in [0.3, 0.4) is 0 Å². The van der Waals surface area contributed by atoms with Crippen molar-refractivity contribution >= 4 is 23.5 Å². The number of carbonyl (C=O) groups is 1. The molecule has 3 atom stereocenters. The molecule has 156 valence electrons. The predicted molar refractivity (Wildman–Crippen MR) is 115 cm³/mol. The zero-order valence-electron chi connectivity index (χ0n) is 16.6. The molecule has 8 heteroatoms. The van der Waals surface area contributed by atoms with Gasteiger partial charge < -0.3 is 21.5 Å². The molecule has 2 aliphatic carbocycles. The minimum Gasteiger partial charge on any atom is -0.384 e. The van der Waals surface area contributed by atoms with E-state index >= 15 is 0 Å². The van der Waals surface area contributed by atoms with E-state index in [0.717, 1.165) is 44.1 Å². The lowest BCUT2D eigenvalue weighted by Gasteiger charge is -2.32. The SMILES string of the molecule is C=CN(C)C1CCC(N=C(N)C2=C3C(CC(N)=O)CCC3SC2NCO)CC1. The molecule has 3 rings (SSSR count). The molecule has 0 bridgehead atoms. The van der Waals surface area contributed by atoms with Crippen LogP contribution in [0.1, 0.15) is 44.9 Å². The fraction of sp³-hybridized carbons (Fsp3) is 0.700. The summed E-state index contributed by atoms with van der Waals surface area (Å²) in [4.78, 5) is 18.6. The maximum Gasteiger partial charge on any atom is 0.218 e. The van der Waals surface area contributed by atoms with Crippen LogP contribution in [0.15, 0.2) is 28.9 Å². The lowest BCUT2D eigenvalue weighted by molar-refractivity contribution is -0.118. The second-order valence-electron chi connectivity index (χ2n) is 8.01. The second kappa shape index (κ2) is 9.33. The minimum atomic E-state index is -0.277. The molecule has 2 saturated carbocycles. The number of rotatable bonds is 8. The van der Waals surface area contributed by atoms with Gasteiger partial charge in [0, 0.05) is 30.3 Å². The minimum absolute atomic E-state index is 0.0762. The average Bonchev–Trinajstić information content (AvgIpc) is 3.21. The van der Waals surface area contributed by atoms with Crippen molar-refractivity contribution in [2.75, 3.05) is 13.8 Å². The number of aliphatic hydroxyl groups is 1. The lowest BCUT2D eigenvalue weighted by Crippen LogP contribution is -2.36. The predicted octanol–water partition coefficient (Wildman–Crippen LogP) is 1.29. The van der Waals surface area contributed by atoms with Gasteiger partial charge in [-0.15, -0.1) is 11.8 Å². The van der Waals surface area contributed by atoms with Gasteiger partial charge in [0.15, 0.2) is 0 Å². The Bertz CT molecular complexity index is 657. The quantitative estimate of drug-likeness (QED) is 0.274. The van der Waals surface area contributed by atoms with E-state index in [4.69, 9.17) is 16.5 Å². The summed E-state index contributed by atoms with van der Waals surface area (Å²) in [5.74, 6) is 0.426. The van der Waals surface area contributed by atoms with Crippen LogP contribution in [0.25, 0.3) is 0 Å². The van der Waals surface area contributed by atoms with E-state index in [1.165, 1.54) is 5.57 Å². The average molecular weight is 408 g/mol. The summed E-state index contributed by atoms with van der Waals surface area (Å²) < 4.78 is 0. The molecule has 0 spiro atoms. The molecule has 3 unspecified atom stereocenters. The molecule has 0 saturated heterocycles. The molecule has 0 radical (unpaired) electrons. The molecular weight excluding hydrogens is 374 g/mol. The Hall–Kier alpha value is -1.51. The van der Waals surface area contributed by atoms with Crippen LogP contribution in [0.5, 0.6) is 0 Å². The number of hydrogen-bond donors (Lipinski definition) is 4. The number of nitrogens with two attached hydrogens (primary N) is 2. The molecule has 6 N–H and O–H groups in total. The second-order valence-corrected chi connectivity index (χ2v) is 9.32. The normalized spacial score (nSPS) is 33.1. The third-order valence-electron chi connectivity index (χ3n) is 6.29. The Balaban J connectivity index is 1.79. The number of hydrogen-bond acceptors (Lipinski definition) is 6. The van der Waals surface area contributed by atoms with E-state index in [0.29, 0.717) is 23.5 Å². The van der Waals surface area contributed by atoms with E-state index in [1.807, 2.05) is 6.20 Å². The summed E-state index contributed by atoms with van der Waals surface area (Å²) >= 11 is 1.77. The summed E-state index contributed by atoms with van der Waals surface area (Å²) in [7, 11) is 2.07. The maximum absolute atomic E-state index is 11.5. The summed E-state index contributed by atoms with van der Waals surface area (Å²) in [5.41, 5.74) is 14.2. The molecule has 3 aliphatic rings. The number of nitrogens with one attached hydrogen (secondary N) is 1. The number of fused-ring (bicyclic) bond motifs is 1. The number of primary amides is 1. The molecule has 28 heavy (non-hydrogen) atoms. The topological polar surface area (TPSA) is 117 Å². The third-order valence-corrected chi connectivity index (χ3v) is 7.78.